The Hall–Kier alpha value is -1.05. The smallest absolute Gasteiger partial charge is 0.128 e. The summed E-state index contributed by atoms with van der Waals surface area (Å²) in [5, 5.41) is 21.1. The minimum Gasteiger partial charge on any atom is -0.394 e. The van der Waals surface area contributed by atoms with Gasteiger partial charge in [-0.1, -0.05) is 18.2 Å². The molecule has 0 bridgehead atoms. The molecule has 6 heteroatoms. The highest BCUT2D eigenvalue weighted by Gasteiger charge is 2.05. The van der Waals surface area contributed by atoms with Gasteiger partial charge in [0.15, 0.2) is 0 Å². The van der Waals surface area contributed by atoms with Gasteiger partial charge in [-0.15, -0.1) is 0 Å². The summed E-state index contributed by atoms with van der Waals surface area (Å²) >= 11 is 0. The van der Waals surface area contributed by atoms with Crippen LogP contribution in [-0.4, -0.2) is 55.8 Å². The van der Waals surface area contributed by atoms with Crippen LogP contribution >= 0.6 is 0 Å². The summed E-state index contributed by atoms with van der Waals surface area (Å²) in [6.07, 6.45) is -0.653. The molecule has 0 heterocycles. The van der Waals surface area contributed by atoms with Crippen molar-refractivity contribution < 1.29 is 24.1 Å². The second kappa shape index (κ2) is 10.7. The van der Waals surface area contributed by atoms with Crippen LogP contribution in [0.3, 0.4) is 0 Å². The van der Waals surface area contributed by atoms with E-state index in [1.165, 1.54) is 6.07 Å². The van der Waals surface area contributed by atoms with E-state index in [4.69, 9.17) is 14.6 Å². The molecule has 0 radical (unpaired) electrons. The first kappa shape index (κ1) is 17.0. The van der Waals surface area contributed by atoms with Crippen LogP contribution in [0, 0.1) is 5.82 Å². The van der Waals surface area contributed by atoms with E-state index >= 15 is 0 Å². The Balaban J connectivity index is 2.03. The van der Waals surface area contributed by atoms with Crippen molar-refractivity contribution in [2.24, 2.45) is 0 Å². The minimum absolute atomic E-state index is 0.00646. The Labute approximate surface area is 118 Å². The molecule has 0 saturated heterocycles. The van der Waals surface area contributed by atoms with Gasteiger partial charge < -0.3 is 25.0 Å². The fourth-order valence-electron chi connectivity index (χ4n) is 1.56. The standard InChI is InChI=1S/C14H22FNO4/c15-14-4-2-1-3-12(14)10-20-11-13(18)9-16-5-7-19-8-6-17/h1-4,13,16-18H,5-11H2. The summed E-state index contributed by atoms with van der Waals surface area (Å²) in [6.45, 7) is 2.04. The van der Waals surface area contributed by atoms with Crippen LogP contribution in [0.25, 0.3) is 0 Å². The zero-order valence-electron chi connectivity index (χ0n) is 11.4. The molecule has 0 fully saturated rings. The van der Waals surface area contributed by atoms with E-state index in [9.17, 15) is 9.50 Å². The molecule has 3 N–H and O–H groups in total. The average molecular weight is 287 g/mol. The predicted molar refractivity (Wildman–Crippen MR) is 72.8 cm³/mol. The summed E-state index contributed by atoms with van der Waals surface area (Å²) in [5.74, 6) is -0.304. The quantitative estimate of drug-likeness (QED) is 0.511. The first-order valence-corrected chi connectivity index (χ1v) is 6.62. The monoisotopic (exact) mass is 287 g/mol. The van der Waals surface area contributed by atoms with Gasteiger partial charge in [0.1, 0.15) is 5.82 Å². The van der Waals surface area contributed by atoms with Crippen LogP contribution in [0.4, 0.5) is 4.39 Å². The predicted octanol–water partition coefficient (Wildman–Crippen LogP) is 0.302. The van der Waals surface area contributed by atoms with Gasteiger partial charge in [0, 0.05) is 18.7 Å². The normalized spacial score (nSPS) is 12.6. The number of nitrogens with one attached hydrogen (secondary N) is 1. The molecule has 5 nitrogen and oxygen atoms in total. The molecule has 0 amide bonds. The molecule has 0 aliphatic carbocycles. The molecular formula is C14H22FNO4. The van der Waals surface area contributed by atoms with E-state index < -0.39 is 6.10 Å². The zero-order chi connectivity index (χ0) is 14.6. The van der Waals surface area contributed by atoms with E-state index in [2.05, 4.69) is 5.32 Å². The van der Waals surface area contributed by atoms with Gasteiger partial charge in [-0.25, -0.2) is 4.39 Å². The highest BCUT2D eigenvalue weighted by Crippen LogP contribution is 2.07. The number of aliphatic hydroxyl groups is 2. The van der Waals surface area contributed by atoms with Crippen LogP contribution in [0.2, 0.25) is 0 Å². The number of aliphatic hydroxyl groups excluding tert-OH is 2. The molecule has 114 valence electrons. The van der Waals surface area contributed by atoms with Gasteiger partial charge in [-0.05, 0) is 6.07 Å². The Kier molecular flexibility index (Phi) is 9.10. The largest absolute Gasteiger partial charge is 0.394 e. The van der Waals surface area contributed by atoms with Crippen molar-refractivity contribution in [3.05, 3.63) is 35.6 Å². The van der Waals surface area contributed by atoms with Crippen molar-refractivity contribution in [3.8, 4) is 0 Å². The van der Waals surface area contributed by atoms with Crippen molar-refractivity contribution in [1.82, 2.24) is 5.32 Å². The lowest BCUT2D eigenvalue weighted by Crippen LogP contribution is -2.32. The number of benzene rings is 1. The lowest BCUT2D eigenvalue weighted by molar-refractivity contribution is 0.0264. The highest BCUT2D eigenvalue weighted by molar-refractivity contribution is 5.16. The molecule has 1 atom stereocenters. The van der Waals surface area contributed by atoms with Crippen molar-refractivity contribution in [3.63, 3.8) is 0 Å². The summed E-state index contributed by atoms with van der Waals surface area (Å²) in [4.78, 5) is 0. The van der Waals surface area contributed by atoms with Crippen molar-refractivity contribution in [2.75, 3.05) is 39.5 Å². The molecule has 1 rings (SSSR count). The molecule has 1 aromatic rings. The van der Waals surface area contributed by atoms with Crippen molar-refractivity contribution in [1.29, 1.82) is 0 Å². The van der Waals surface area contributed by atoms with E-state index in [1.54, 1.807) is 18.2 Å². The van der Waals surface area contributed by atoms with Gasteiger partial charge in [-0.3, -0.25) is 0 Å². The third-order valence-corrected chi connectivity index (χ3v) is 2.56. The highest BCUT2D eigenvalue weighted by atomic mass is 19.1. The fraction of sp³-hybridized carbons (Fsp3) is 0.571. The Morgan fingerprint density at radius 1 is 1.20 bits per heavy atom. The first-order valence-electron chi connectivity index (χ1n) is 6.62. The van der Waals surface area contributed by atoms with Crippen molar-refractivity contribution >= 4 is 0 Å². The van der Waals surface area contributed by atoms with Crippen LogP contribution in [0.1, 0.15) is 5.56 Å². The lowest BCUT2D eigenvalue weighted by Gasteiger charge is -2.12. The molecule has 0 aliphatic rings. The van der Waals surface area contributed by atoms with Gasteiger partial charge in [0.05, 0.1) is 39.1 Å². The van der Waals surface area contributed by atoms with Gasteiger partial charge in [-0.2, -0.15) is 0 Å². The summed E-state index contributed by atoms with van der Waals surface area (Å²) in [7, 11) is 0. The number of rotatable bonds is 11. The average Bonchev–Trinajstić information content (AvgIpc) is 2.45. The third kappa shape index (κ3) is 7.52. The topological polar surface area (TPSA) is 71.0 Å². The van der Waals surface area contributed by atoms with Crippen LogP contribution < -0.4 is 5.32 Å². The fourth-order valence-corrected chi connectivity index (χ4v) is 1.56. The second-order valence-electron chi connectivity index (χ2n) is 4.30. The van der Waals surface area contributed by atoms with E-state index in [1.807, 2.05) is 0 Å². The number of ether oxygens (including phenoxy) is 2. The van der Waals surface area contributed by atoms with Crippen LogP contribution in [0.5, 0.6) is 0 Å². The van der Waals surface area contributed by atoms with Gasteiger partial charge >= 0.3 is 0 Å². The molecule has 1 aromatic carbocycles. The lowest BCUT2D eigenvalue weighted by atomic mass is 10.2. The van der Waals surface area contributed by atoms with E-state index in [0.29, 0.717) is 31.9 Å². The van der Waals surface area contributed by atoms with Crippen LogP contribution in [0.15, 0.2) is 24.3 Å². The molecular weight excluding hydrogens is 265 g/mol. The Morgan fingerprint density at radius 2 is 2.00 bits per heavy atom. The molecule has 1 unspecified atom stereocenters. The number of halogens is 1. The SMILES string of the molecule is OCCOCCNCC(O)COCc1ccccc1F. The van der Waals surface area contributed by atoms with Gasteiger partial charge in [0.2, 0.25) is 0 Å². The van der Waals surface area contributed by atoms with E-state index in [-0.39, 0.29) is 25.6 Å². The molecule has 20 heavy (non-hydrogen) atoms. The van der Waals surface area contributed by atoms with Crippen molar-refractivity contribution in [2.45, 2.75) is 12.7 Å². The molecule has 0 aliphatic heterocycles. The summed E-state index contributed by atoms with van der Waals surface area (Å²) in [6, 6.07) is 6.39. The van der Waals surface area contributed by atoms with E-state index in [0.717, 1.165) is 0 Å². The Morgan fingerprint density at radius 3 is 2.75 bits per heavy atom. The summed E-state index contributed by atoms with van der Waals surface area (Å²) < 4.78 is 23.6. The number of hydrogen-bond acceptors (Lipinski definition) is 5. The summed E-state index contributed by atoms with van der Waals surface area (Å²) in [5.41, 5.74) is 0.477. The van der Waals surface area contributed by atoms with Crippen LogP contribution in [-0.2, 0) is 16.1 Å². The minimum atomic E-state index is -0.653. The third-order valence-electron chi connectivity index (χ3n) is 2.56. The molecule has 0 saturated carbocycles. The van der Waals surface area contributed by atoms with Gasteiger partial charge in [0.25, 0.3) is 0 Å². The maximum atomic E-state index is 13.3. The first-order chi connectivity index (χ1) is 9.74. The zero-order valence-corrected chi connectivity index (χ0v) is 11.4. The maximum absolute atomic E-state index is 13.3. The maximum Gasteiger partial charge on any atom is 0.128 e. The Bertz CT molecular complexity index is 365. The molecule has 0 aromatic heterocycles. The number of hydrogen-bond donors (Lipinski definition) is 3. The molecule has 0 spiro atoms. The second-order valence-corrected chi connectivity index (χ2v) is 4.30.